The SMILES string of the molecule is CCC(O)N(CCO)CCO. The Morgan fingerprint density at radius 2 is 1.64 bits per heavy atom. The van der Waals surface area contributed by atoms with E-state index < -0.39 is 6.23 Å². The molecule has 4 nitrogen and oxygen atoms in total. The number of hydrogen-bond acceptors (Lipinski definition) is 4. The van der Waals surface area contributed by atoms with Crippen LogP contribution in [0.5, 0.6) is 0 Å². The van der Waals surface area contributed by atoms with Gasteiger partial charge < -0.3 is 15.3 Å². The molecule has 3 N–H and O–H groups in total. The van der Waals surface area contributed by atoms with Crippen LogP contribution in [0.1, 0.15) is 13.3 Å². The second-order valence-electron chi connectivity index (χ2n) is 2.37. The van der Waals surface area contributed by atoms with Crippen molar-refractivity contribution in [2.24, 2.45) is 0 Å². The molecule has 0 bridgehead atoms. The molecule has 1 atom stereocenters. The Morgan fingerprint density at radius 3 is 1.91 bits per heavy atom. The van der Waals surface area contributed by atoms with Gasteiger partial charge in [0.25, 0.3) is 0 Å². The predicted molar refractivity (Wildman–Crippen MR) is 42.0 cm³/mol. The summed E-state index contributed by atoms with van der Waals surface area (Å²) in [5.74, 6) is 0. The molecule has 4 heteroatoms. The molecule has 0 radical (unpaired) electrons. The molecule has 0 fully saturated rings. The third kappa shape index (κ3) is 4.31. The minimum absolute atomic E-state index is 0.0110. The maximum absolute atomic E-state index is 9.28. The van der Waals surface area contributed by atoms with Gasteiger partial charge in [-0.25, -0.2) is 0 Å². The van der Waals surface area contributed by atoms with Crippen LogP contribution in [0.15, 0.2) is 0 Å². The van der Waals surface area contributed by atoms with Crippen LogP contribution in [-0.4, -0.2) is 52.8 Å². The molecule has 0 aliphatic carbocycles. The Bertz CT molecular complexity index is 83.8. The lowest BCUT2D eigenvalue weighted by Gasteiger charge is -2.25. The first-order valence-corrected chi connectivity index (χ1v) is 3.90. The van der Waals surface area contributed by atoms with E-state index in [1.807, 2.05) is 6.92 Å². The minimum Gasteiger partial charge on any atom is -0.395 e. The highest BCUT2D eigenvalue weighted by Crippen LogP contribution is 1.98. The van der Waals surface area contributed by atoms with Gasteiger partial charge in [0, 0.05) is 13.1 Å². The van der Waals surface area contributed by atoms with Gasteiger partial charge >= 0.3 is 0 Å². The summed E-state index contributed by atoms with van der Waals surface area (Å²) in [5, 5.41) is 26.4. The summed E-state index contributed by atoms with van der Waals surface area (Å²) in [7, 11) is 0. The van der Waals surface area contributed by atoms with E-state index in [0.717, 1.165) is 0 Å². The van der Waals surface area contributed by atoms with Crippen LogP contribution < -0.4 is 0 Å². The van der Waals surface area contributed by atoms with Gasteiger partial charge in [0.15, 0.2) is 0 Å². The van der Waals surface area contributed by atoms with Gasteiger partial charge in [-0.15, -0.1) is 0 Å². The van der Waals surface area contributed by atoms with Gasteiger partial charge in [-0.05, 0) is 6.42 Å². The zero-order valence-electron chi connectivity index (χ0n) is 6.90. The Kier molecular flexibility index (Phi) is 6.45. The topological polar surface area (TPSA) is 63.9 Å². The Morgan fingerprint density at radius 1 is 1.18 bits per heavy atom. The number of rotatable bonds is 6. The maximum Gasteiger partial charge on any atom is 0.107 e. The van der Waals surface area contributed by atoms with Crippen molar-refractivity contribution >= 4 is 0 Å². The lowest BCUT2D eigenvalue weighted by atomic mass is 10.3. The molecule has 0 saturated carbocycles. The highest BCUT2D eigenvalue weighted by molar-refractivity contribution is 4.58. The van der Waals surface area contributed by atoms with Crippen LogP contribution in [-0.2, 0) is 0 Å². The van der Waals surface area contributed by atoms with Crippen molar-refractivity contribution in [1.82, 2.24) is 4.90 Å². The van der Waals surface area contributed by atoms with Gasteiger partial charge in [0.05, 0.1) is 13.2 Å². The highest BCUT2D eigenvalue weighted by atomic mass is 16.3. The van der Waals surface area contributed by atoms with Crippen molar-refractivity contribution in [1.29, 1.82) is 0 Å². The molecular formula is C7H17NO3. The molecule has 0 heterocycles. The van der Waals surface area contributed by atoms with Crippen LogP contribution in [0.3, 0.4) is 0 Å². The molecule has 0 spiro atoms. The first-order chi connectivity index (χ1) is 5.26. The molecule has 0 aromatic carbocycles. The second kappa shape index (κ2) is 6.54. The van der Waals surface area contributed by atoms with Gasteiger partial charge in [0.2, 0.25) is 0 Å². The summed E-state index contributed by atoms with van der Waals surface area (Å²) in [6.45, 7) is 2.70. The van der Waals surface area contributed by atoms with Crippen molar-refractivity contribution in [3.05, 3.63) is 0 Å². The standard InChI is InChI=1S/C7H17NO3/c1-2-7(11)8(3-5-9)4-6-10/h7,9-11H,2-6H2,1H3. The summed E-state index contributed by atoms with van der Waals surface area (Å²) >= 11 is 0. The molecule has 68 valence electrons. The fourth-order valence-corrected chi connectivity index (χ4v) is 0.925. The molecule has 0 saturated heterocycles. The van der Waals surface area contributed by atoms with Crippen LogP contribution in [0.2, 0.25) is 0 Å². The predicted octanol–water partition coefficient (Wildman–Crippen LogP) is -0.999. The molecule has 0 rings (SSSR count). The van der Waals surface area contributed by atoms with Crippen LogP contribution in [0.25, 0.3) is 0 Å². The van der Waals surface area contributed by atoms with E-state index in [1.165, 1.54) is 0 Å². The summed E-state index contributed by atoms with van der Waals surface area (Å²) in [6, 6.07) is 0. The van der Waals surface area contributed by atoms with E-state index in [4.69, 9.17) is 10.2 Å². The molecule has 11 heavy (non-hydrogen) atoms. The maximum atomic E-state index is 9.28. The average molecular weight is 163 g/mol. The number of aliphatic hydroxyl groups excluding tert-OH is 3. The summed E-state index contributed by atoms with van der Waals surface area (Å²) < 4.78 is 0. The van der Waals surface area contributed by atoms with Gasteiger partial charge in [-0.3, -0.25) is 4.90 Å². The van der Waals surface area contributed by atoms with Crippen molar-refractivity contribution < 1.29 is 15.3 Å². The monoisotopic (exact) mass is 163 g/mol. The Balaban J connectivity index is 3.66. The van der Waals surface area contributed by atoms with E-state index in [-0.39, 0.29) is 13.2 Å². The van der Waals surface area contributed by atoms with Crippen LogP contribution in [0.4, 0.5) is 0 Å². The van der Waals surface area contributed by atoms with E-state index in [9.17, 15) is 5.11 Å². The van der Waals surface area contributed by atoms with E-state index in [2.05, 4.69) is 0 Å². The first kappa shape index (κ1) is 10.8. The first-order valence-electron chi connectivity index (χ1n) is 3.90. The zero-order chi connectivity index (χ0) is 8.69. The van der Waals surface area contributed by atoms with E-state index in [0.29, 0.717) is 19.5 Å². The molecule has 0 amide bonds. The zero-order valence-corrected chi connectivity index (χ0v) is 6.90. The summed E-state index contributed by atoms with van der Waals surface area (Å²) in [5.41, 5.74) is 0. The van der Waals surface area contributed by atoms with Crippen molar-refractivity contribution in [3.63, 3.8) is 0 Å². The highest BCUT2D eigenvalue weighted by Gasteiger charge is 2.11. The fraction of sp³-hybridized carbons (Fsp3) is 1.00. The van der Waals surface area contributed by atoms with E-state index in [1.54, 1.807) is 4.90 Å². The van der Waals surface area contributed by atoms with Crippen LogP contribution in [0, 0.1) is 0 Å². The quantitative estimate of drug-likeness (QED) is 0.440. The summed E-state index contributed by atoms with van der Waals surface area (Å²) in [4.78, 5) is 1.64. The lowest BCUT2D eigenvalue weighted by molar-refractivity contribution is -0.0159. The molecule has 0 aliphatic rings. The van der Waals surface area contributed by atoms with Gasteiger partial charge in [-0.2, -0.15) is 0 Å². The largest absolute Gasteiger partial charge is 0.395 e. The normalized spacial score (nSPS) is 13.9. The second-order valence-corrected chi connectivity index (χ2v) is 2.37. The molecular weight excluding hydrogens is 146 g/mol. The number of nitrogens with zero attached hydrogens (tertiary/aromatic N) is 1. The number of hydrogen-bond donors (Lipinski definition) is 3. The van der Waals surface area contributed by atoms with Gasteiger partial charge in [-0.1, -0.05) is 6.92 Å². The Labute approximate surface area is 67.1 Å². The lowest BCUT2D eigenvalue weighted by Crippen LogP contribution is -2.38. The molecule has 0 aromatic heterocycles. The third-order valence-electron chi connectivity index (χ3n) is 1.56. The van der Waals surface area contributed by atoms with E-state index >= 15 is 0 Å². The van der Waals surface area contributed by atoms with Crippen molar-refractivity contribution in [2.75, 3.05) is 26.3 Å². The van der Waals surface area contributed by atoms with Gasteiger partial charge in [0.1, 0.15) is 6.23 Å². The fourth-order valence-electron chi connectivity index (χ4n) is 0.925. The minimum atomic E-state index is -0.547. The molecule has 0 aromatic rings. The third-order valence-corrected chi connectivity index (χ3v) is 1.56. The Hall–Kier alpha value is -0.160. The van der Waals surface area contributed by atoms with Crippen molar-refractivity contribution in [2.45, 2.75) is 19.6 Å². The molecule has 0 aliphatic heterocycles. The molecule has 1 unspecified atom stereocenters. The average Bonchev–Trinajstić information content (AvgIpc) is 2.03. The summed E-state index contributed by atoms with van der Waals surface area (Å²) in [6.07, 6.45) is 0.0642. The number of aliphatic hydroxyl groups is 3. The van der Waals surface area contributed by atoms with Crippen LogP contribution >= 0.6 is 0 Å². The van der Waals surface area contributed by atoms with Crippen molar-refractivity contribution in [3.8, 4) is 0 Å². The smallest absolute Gasteiger partial charge is 0.107 e.